The Morgan fingerprint density at radius 1 is 1.00 bits per heavy atom. The molecule has 176 valence electrons. The maximum absolute atomic E-state index is 5.84. The molecule has 0 aliphatic heterocycles. The zero-order valence-electron chi connectivity index (χ0n) is 21.3. The maximum atomic E-state index is 5.84. The van der Waals surface area contributed by atoms with Gasteiger partial charge in [0.1, 0.15) is 0 Å². The van der Waals surface area contributed by atoms with Crippen molar-refractivity contribution in [2.24, 2.45) is 52.3 Å². The molecule has 4 saturated carbocycles. The number of fused-ring (bicyclic) bond motifs is 2. The van der Waals surface area contributed by atoms with E-state index in [0.717, 1.165) is 41.4 Å². The molecule has 0 amide bonds. The van der Waals surface area contributed by atoms with Crippen LogP contribution in [-0.4, -0.2) is 13.2 Å². The summed E-state index contributed by atoms with van der Waals surface area (Å²) in [7, 11) is 1.93. The Kier molecular flexibility index (Phi) is 6.15. The Morgan fingerprint density at radius 2 is 1.77 bits per heavy atom. The minimum absolute atomic E-state index is 0.492. The highest BCUT2D eigenvalue weighted by molar-refractivity contribution is 5.28. The van der Waals surface area contributed by atoms with Gasteiger partial charge in [-0.15, -0.1) is 0 Å². The van der Waals surface area contributed by atoms with Crippen molar-refractivity contribution in [1.82, 2.24) is 0 Å². The lowest BCUT2D eigenvalue weighted by atomic mass is 9.52. The lowest BCUT2D eigenvalue weighted by Gasteiger charge is -2.53. The fourth-order valence-electron chi connectivity index (χ4n) is 10.3. The second kappa shape index (κ2) is 8.48. The van der Waals surface area contributed by atoms with Crippen LogP contribution in [0, 0.1) is 52.3 Å². The van der Waals surface area contributed by atoms with Gasteiger partial charge in [-0.05, 0) is 116 Å². The highest BCUT2D eigenvalue weighted by Gasteiger charge is 2.62. The van der Waals surface area contributed by atoms with E-state index in [4.69, 9.17) is 4.74 Å². The molecule has 9 unspecified atom stereocenters. The van der Waals surface area contributed by atoms with Crippen molar-refractivity contribution in [3.8, 4) is 0 Å². The third-order valence-electron chi connectivity index (χ3n) is 11.7. The van der Waals surface area contributed by atoms with Crippen molar-refractivity contribution in [2.75, 3.05) is 7.11 Å². The van der Waals surface area contributed by atoms with E-state index in [1.54, 1.807) is 0 Å². The van der Waals surface area contributed by atoms with Crippen LogP contribution < -0.4 is 0 Å². The topological polar surface area (TPSA) is 9.23 Å². The van der Waals surface area contributed by atoms with E-state index in [0.29, 0.717) is 16.9 Å². The number of rotatable bonds is 6. The molecule has 0 heterocycles. The Morgan fingerprint density at radius 3 is 2.55 bits per heavy atom. The molecule has 5 rings (SSSR count). The summed E-state index contributed by atoms with van der Waals surface area (Å²) in [6, 6.07) is 0. The summed E-state index contributed by atoms with van der Waals surface area (Å²) in [5.74, 6) is 6.77. The number of allylic oxidation sites excluding steroid dienone is 1. The lowest BCUT2D eigenvalue weighted by molar-refractivity contribution is -0.00306. The summed E-state index contributed by atoms with van der Waals surface area (Å²) in [4.78, 5) is 0. The summed E-state index contributed by atoms with van der Waals surface area (Å²) in [5, 5.41) is 0. The van der Waals surface area contributed by atoms with E-state index in [1.165, 1.54) is 83.5 Å². The van der Waals surface area contributed by atoms with Crippen LogP contribution in [-0.2, 0) is 4.74 Å². The van der Waals surface area contributed by atoms with Gasteiger partial charge in [0.05, 0.1) is 6.10 Å². The van der Waals surface area contributed by atoms with E-state index in [9.17, 15) is 0 Å². The first-order valence-corrected chi connectivity index (χ1v) is 14.1. The molecule has 31 heavy (non-hydrogen) atoms. The van der Waals surface area contributed by atoms with Crippen molar-refractivity contribution in [3.05, 3.63) is 11.6 Å². The first-order valence-electron chi connectivity index (χ1n) is 14.1. The third kappa shape index (κ3) is 3.59. The SMILES string of the molecule is COC1CCC23CCC4CCC5(C)C(C(C)CCCC(C)C)CCC5C(CC=C2C1)C43. The van der Waals surface area contributed by atoms with Crippen LogP contribution >= 0.6 is 0 Å². The van der Waals surface area contributed by atoms with Crippen LogP contribution in [0.1, 0.15) is 111 Å². The molecule has 0 N–H and O–H groups in total. The monoisotopic (exact) mass is 426 g/mol. The normalized spacial score (nSPS) is 47.4. The molecule has 0 bridgehead atoms. The molecular formula is C30H50O. The van der Waals surface area contributed by atoms with Gasteiger partial charge < -0.3 is 4.74 Å². The van der Waals surface area contributed by atoms with Gasteiger partial charge in [-0.2, -0.15) is 0 Å². The quantitative estimate of drug-likeness (QED) is 0.387. The van der Waals surface area contributed by atoms with Crippen molar-refractivity contribution >= 4 is 0 Å². The van der Waals surface area contributed by atoms with E-state index in [-0.39, 0.29) is 0 Å². The number of methoxy groups -OCH3 is 1. The van der Waals surface area contributed by atoms with Gasteiger partial charge in [-0.1, -0.05) is 58.6 Å². The van der Waals surface area contributed by atoms with Crippen molar-refractivity contribution in [3.63, 3.8) is 0 Å². The van der Waals surface area contributed by atoms with Gasteiger partial charge >= 0.3 is 0 Å². The number of ether oxygens (including phenoxy) is 1. The van der Waals surface area contributed by atoms with E-state index in [1.807, 2.05) is 12.7 Å². The largest absolute Gasteiger partial charge is 0.381 e. The van der Waals surface area contributed by atoms with Gasteiger partial charge in [0, 0.05) is 7.11 Å². The second-order valence-electron chi connectivity index (χ2n) is 13.3. The molecule has 0 aromatic rings. The first kappa shape index (κ1) is 22.5. The summed E-state index contributed by atoms with van der Waals surface area (Å²) in [6.07, 6.45) is 22.1. The molecule has 0 aromatic carbocycles. The Hall–Kier alpha value is -0.300. The molecule has 0 aromatic heterocycles. The van der Waals surface area contributed by atoms with Crippen LogP contribution in [0.15, 0.2) is 11.6 Å². The highest BCUT2D eigenvalue weighted by atomic mass is 16.5. The lowest BCUT2D eigenvalue weighted by Crippen LogP contribution is -2.46. The molecule has 1 nitrogen and oxygen atoms in total. The predicted molar refractivity (Wildman–Crippen MR) is 131 cm³/mol. The zero-order chi connectivity index (χ0) is 21.8. The fourth-order valence-corrected chi connectivity index (χ4v) is 10.3. The Labute approximate surface area is 193 Å². The van der Waals surface area contributed by atoms with Crippen LogP contribution in [0.5, 0.6) is 0 Å². The van der Waals surface area contributed by atoms with Gasteiger partial charge in [-0.3, -0.25) is 0 Å². The standard InChI is InChI=1S/C30H50O/c1-20(2)7-6-8-21(3)26-11-12-27-25-10-9-23-19-24(31-5)15-18-30(23)17-14-22(28(25)30)13-16-29(26,27)4/h9,20-22,24-28H,6-8,10-19H2,1-5H3. The van der Waals surface area contributed by atoms with Crippen molar-refractivity contribution < 1.29 is 4.74 Å². The summed E-state index contributed by atoms with van der Waals surface area (Å²) in [6.45, 7) is 10.2. The van der Waals surface area contributed by atoms with E-state index < -0.39 is 0 Å². The van der Waals surface area contributed by atoms with Crippen molar-refractivity contribution in [1.29, 1.82) is 0 Å². The minimum Gasteiger partial charge on any atom is -0.381 e. The maximum Gasteiger partial charge on any atom is 0.0608 e. The predicted octanol–water partition coefficient (Wildman–Crippen LogP) is 8.43. The number of hydrogen-bond acceptors (Lipinski definition) is 1. The average molecular weight is 427 g/mol. The Bertz CT molecular complexity index is 678. The molecule has 5 aliphatic carbocycles. The minimum atomic E-state index is 0.492. The smallest absolute Gasteiger partial charge is 0.0608 e. The molecular weight excluding hydrogens is 376 g/mol. The molecule has 1 spiro atoms. The molecule has 0 radical (unpaired) electrons. The molecule has 9 atom stereocenters. The summed E-state index contributed by atoms with van der Waals surface area (Å²) < 4.78 is 5.84. The first-order chi connectivity index (χ1) is 14.9. The van der Waals surface area contributed by atoms with E-state index in [2.05, 4.69) is 33.8 Å². The molecule has 4 fully saturated rings. The summed E-state index contributed by atoms with van der Waals surface area (Å²) >= 11 is 0. The molecule has 5 aliphatic rings. The average Bonchev–Trinajstić information content (AvgIpc) is 3.25. The van der Waals surface area contributed by atoms with Crippen LogP contribution in [0.3, 0.4) is 0 Å². The number of hydrogen-bond donors (Lipinski definition) is 0. The molecule has 0 saturated heterocycles. The van der Waals surface area contributed by atoms with Gasteiger partial charge in [0.2, 0.25) is 0 Å². The van der Waals surface area contributed by atoms with Gasteiger partial charge in [-0.25, -0.2) is 0 Å². The highest BCUT2D eigenvalue weighted by Crippen LogP contribution is 2.71. The van der Waals surface area contributed by atoms with Crippen molar-refractivity contribution in [2.45, 2.75) is 117 Å². The summed E-state index contributed by atoms with van der Waals surface area (Å²) in [5.41, 5.74) is 3.03. The van der Waals surface area contributed by atoms with Gasteiger partial charge in [0.25, 0.3) is 0 Å². The third-order valence-corrected chi connectivity index (χ3v) is 11.7. The second-order valence-corrected chi connectivity index (χ2v) is 13.3. The van der Waals surface area contributed by atoms with Crippen LogP contribution in [0.2, 0.25) is 0 Å². The van der Waals surface area contributed by atoms with Gasteiger partial charge in [0.15, 0.2) is 0 Å². The molecule has 1 heteroatoms. The fraction of sp³-hybridized carbons (Fsp3) is 0.933. The Balaban J connectivity index is 1.38. The van der Waals surface area contributed by atoms with Crippen LogP contribution in [0.25, 0.3) is 0 Å². The van der Waals surface area contributed by atoms with Crippen LogP contribution in [0.4, 0.5) is 0 Å². The zero-order valence-corrected chi connectivity index (χ0v) is 21.3. The van der Waals surface area contributed by atoms with E-state index >= 15 is 0 Å².